The molecule has 3 aromatic rings. The van der Waals surface area contributed by atoms with Gasteiger partial charge < -0.3 is 5.32 Å². The maximum absolute atomic E-state index is 12.3. The van der Waals surface area contributed by atoms with Gasteiger partial charge in [-0.05, 0) is 36.1 Å². The molecular formula is C19H18N4O. The number of carbonyl (C=O) groups excluding carboxylic acids is 1. The van der Waals surface area contributed by atoms with E-state index < -0.39 is 0 Å². The van der Waals surface area contributed by atoms with Gasteiger partial charge in [-0.15, -0.1) is 0 Å². The molecule has 0 unspecified atom stereocenters. The summed E-state index contributed by atoms with van der Waals surface area (Å²) in [6.07, 6.45) is 8.24. The molecule has 2 atom stereocenters. The van der Waals surface area contributed by atoms with Crippen molar-refractivity contribution in [1.29, 1.82) is 0 Å². The largest absolute Gasteiger partial charge is 0.352 e. The smallest absolute Gasteiger partial charge is 0.224 e. The van der Waals surface area contributed by atoms with Crippen molar-refractivity contribution < 1.29 is 4.79 Å². The summed E-state index contributed by atoms with van der Waals surface area (Å²) in [5, 5.41) is 7.36. The van der Waals surface area contributed by atoms with Crippen LogP contribution in [0.2, 0.25) is 0 Å². The van der Waals surface area contributed by atoms with Gasteiger partial charge in [-0.2, -0.15) is 5.10 Å². The summed E-state index contributed by atoms with van der Waals surface area (Å²) < 4.78 is 1.82. The van der Waals surface area contributed by atoms with Crippen LogP contribution in [-0.4, -0.2) is 20.7 Å². The van der Waals surface area contributed by atoms with E-state index in [9.17, 15) is 4.79 Å². The second kappa shape index (κ2) is 6.28. The highest BCUT2D eigenvalue weighted by molar-refractivity contribution is 5.82. The molecule has 1 amide bonds. The third kappa shape index (κ3) is 3.06. The second-order valence-corrected chi connectivity index (χ2v) is 6.08. The van der Waals surface area contributed by atoms with E-state index in [1.807, 2.05) is 59.5 Å². The summed E-state index contributed by atoms with van der Waals surface area (Å²) in [6.45, 7) is 0.502. The quantitative estimate of drug-likeness (QED) is 0.787. The lowest BCUT2D eigenvalue weighted by Crippen LogP contribution is -2.24. The first-order valence-electron chi connectivity index (χ1n) is 8.08. The molecule has 1 aliphatic rings. The first-order chi connectivity index (χ1) is 11.8. The van der Waals surface area contributed by atoms with Crippen LogP contribution in [0.3, 0.4) is 0 Å². The van der Waals surface area contributed by atoms with Crippen LogP contribution in [0.15, 0.2) is 67.3 Å². The molecule has 1 saturated carbocycles. The van der Waals surface area contributed by atoms with E-state index in [4.69, 9.17) is 0 Å². The van der Waals surface area contributed by atoms with Gasteiger partial charge in [0.25, 0.3) is 0 Å². The maximum Gasteiger partial charge on any atom is 0.224 e. The van der Waals surface area contributed by atoms with Crippen molar-refractivity contribution in [2.45, 2.75) is 18.9 Å². The SMILES string of the molecule is O=C(NCc1cnn(-c2ccccc2)c1)[C@H]1C[C@H]1c1cccnc1. The fourth-order valence-electron chi connectivity index (χ4n) is 2.94. The van der Waals surface area contributed by atoms with Crippen LogP contribution in [0.25, 0.3) is 5.69 Å². The average Bonchev–Trinajstić information content (AvgIpc) is 3.31. The molecule has 0 saturated heterocycles. The van der Waals surface area contributed by atoms with E-state index in [1.165, 1.54) is 0 Å². The van der Waals surface area contributed by atoms with Crippen molar-refractivity contribution in [1.82, 2.24) is 20.1 Å². The van der Waals surface area contributed by atoms with Crippen LogP contribution in [0.5, 0.6) is 0 Å². The lowest BCUT2D eigenvalue weighted by Gasteiger charge is -2.03. The number of hydrogen-bond acceptors (Lipinski definition) is 3. The summed E-state index contributed by atoms with van der Waals surface area (Å²) in [7, 11) is 0. The van der Waals surface area contributed by atoms with E-state index in [0.29, 0.717) is 12.5 Å². The summed E-state index contributed by atoms with van der Waals surface area (Å²) in [5.74, 6) is 0.487. The number of pyridine rings is 1. The van der Waals surface area contributed by atoms with Gasteiger partial charge in [-0.25, -0.2) is 4.68 Å². The lowest BCUT2D eigenvalue weighted by molar-refractivity contribution is -0.122. The molecule has 5 heteroatoms. The molecule has 1 N–H and O–H groups in total. The first kappa shape index (κ1) is 14.6. The Kier molecular flexibility index (Phi) is 3.83. The summed E-state index contributed by atoms with van der Waals surface area (Å²) in [6, 6.07) is 13.9. The van der Waals surface area contributed by atoms with Crippen molar-refractivity contribution in [2.24, 2.45) is 5.92 Å². The molecule has 4 rings (SSSR count). The van der Waals surface area contributed by atoms with E-state index in [0.717, 1.165) is 23.2 Å². The number of para-hydroxylation sites is 1. The van der Waals surface area contributed by atoms with Crippen molar-refractivity contribution in [2.75, 3.05) is 0 Å². The molecule has 1 fully saturated rings. The fraction of sp³-hybridized carbons (Fsp3) is 0.211. The summed E-state index contributed by atoms with van der Waals surface area (Å²) in [5.41, 5.74) is 3.15. The molecule has 24 heavy (non-hydrogen) atoms. The second-order valence-electron chi connectivity index (χ2n) is 6.08. The van der Waals surface area contributed by atoms with Gasteiger partial charge in [0.1, 0.15) is 0 Å². The standard InChI is InChI=1S/C19H18N4O/c24-19(18-9-17(18)15-5-4-8-20-12-15)21-10-14-11-22-23(13-14)16-6-2-1-3-7-16/h1-8,11-13,17-18H,9-10H2,(H,21,24)/t17-,18-/m0/s1. The van der Waals surface area contributed by atoms with Gasteiger partial charge in [0.15, 0.2) is 0 Å². The molecule has 2 heterocycles. The molecule has 0 spiro atoms. The van der Waals surface area contributed by atoms with Crippen LogP contribution in [0, 0.1) is 5.92 Å². The molecule has 5 nitrogen and oxygen atoms in total. The molecule has 120 valence electrons. The average molecular weight is 318 g/mol. The zero-order valence-corrected chi connectivity index (χ0v) is 13.2. The monoisotopic (exact) mass is 318 g/mol. The Morgan fingerprint density at radius 3 is 2.83 bits per heavy atom. The number of benzene rings is 1. The van der Waals surface area contributed by atoms with Gasteiger partial charge in [-0.1, -0.05) is 24.3 Å². The van der Waals surface area contributed by atoms with E-state index in [-0.39, 0.29) is 11.8 Å². The number of aromatic nitrogens is 3. The molecule has 0 radical (unpaired) electrons. The van der Waals surface area contributed by atoms with Gasteiger partial charge >= 0.3 is 0 Å². The van der Waals surface area contributed by atoms with E-state index in [1.54, 1.807) is 12.4 Å². The maximum atomic E-state index is 12.3. The normalized spacial score (nSPS) is 19.0. The van der Waals surface area contributed by atoms with Crippen LogP contribution in [0.1, 0.15) is 23.5 Å². The molecule has 1 aliphatic carbocycles. The van der Waals surface area contributed by atoms with Gasteiger partial charge in [0.05, 0.1) is 11.9 Å². The minimum atomic E-state index is 0.0679. The first-order valence-corrected chi connectivity index (χ1v) is 8.08. The van der Waals surface area contributed by atoms with Crippen LogP contribution >= 0.6 is 0 Å². The summed E-state index contributed by atoms with van der Waals surface area (Å²) in [4.78, 5) is 16.4. The Bertz CT molecular complexity index is 829. The van der Waals surface area contributed by atoms with Gasteiger partial charge in [0, 0.05) is 36.6 Å². The molecule has 0 bridgehead atoms. The number of hydrogen-bond donors (Lipinski definition) is 1. The molecular weight excluding hydrogens is 300 g/mol. The Morgan fingerprint density at radius 1 is 1.17 bits per heavy atom. The highest BCUT2D eigenvalue weighted by Crippen LogP contribution is 2.47. The number of carbonyl (C=O) groups is 1. The highest BCUT2D eigenvalue weighted by atomic mass is 16.2. The third-order valence-corrected chi connectivity index (χ3v) is 4.36. The van der Waals surface area contributed by atoms with Crippen LogP contribution < -0.4 is 5.32 Å². The third-order valence-electron chi connectivity index (χ3n) is 4.36. The van der Waals surface area contributed by atoms with Crippen LogP contribution in [0.4, 0.5) is 0 Å². The van der Waals surface area contributed by atoms with E-state index in [2.05, 4.69) is 15.4 Å². The number of nitrogens with one attached hydrogen (secondary N) is 1. The zero-order valence-electron chi connectivity index (χ0n) is 13.2. The molecule has 1 aromatic carbocycles. The topological polar surface area (TPSA) is 59.8 Å². The van der Waals surface area contributed by atoms with Crippen molar-refractivity contribution >= 4 is 5.91 Å². The Balaban J connectivity index is 1.33. The summed E-state index contributed by atoms with van der Waals surface area (Å²) >= 11 is 0. The molecule has 0 aliphatic heterocycles. The van der Waals surface area contributed by atoms with E-state index >= 15 is 0 Å². The minimum absolute atomic E-state index is 0.0679. The number of rotatable bonds is 5. The van der Waals surface area contributed by atoms with Crippen molar-refractivity contribution in [3.05, 3.63) is 78.4 Å². The van der Waals surface area contributed by atoms with Gasteiger partial charge in [0.2, 0.25) is 5.91 Å². The predicted molar refractivity (Wildman–Crippen MR) is 90.5 cm³/mol. The Hall–Kier alpha value is -2.95. The van der Waals surface area contributed by atoms with Gasteiger partial charge in [-0.3, -0.25) is 9.78 Å². The van der Waals surface area contributed by atoms with Crippen molar-refractivity contribution in [3.8, 4) is 5.69 Å². The van der Waals surface area contributed by atoms with Crippen molar-refractivity contribution in [3.63, 3.8) is 0 Å². The highest BCUT2D eigenvalue weighted by Gasteiger charge is 2.43. The number of nitrogens with zero attached hydrogens (tertiary/aromatic N) is 3. The molecule has 2 aromatic heterocycles. The fourth-order valence-corrected chi connectivity index (χ4v) is 2.94. The lowest BCUT2D eigenvalue weighted by atomic mass is 10.1. The Labute approximate surface area is 140 Å². The Morgan fingerprint density at radius 2 is 2.04 bits per heavy atom. The number of amides is 1. The minimum Gasteiger partial charge on any atom is -0.352 e. The zero-order chi connectivity index (χ0) is 16.4. The predicted octanol–water partition coefficient (Wildman–Crippen LogP) is 2.69. The van der Waals surface area contributed by atoms with Crippen LogP contribution in [-0.2, 0) is 11.3 Å².